The first-order valence-electron chi connectivity index (χ1n) is 11.5. The number of benzene rings is 2. The van der Waals surface area contributed by atoms with Crippen LogP contribution in [0.4, 0.5) is 0 Å². The van der Waals surface area contributed by atoms with Gasteiger partial charge in [-0.2, -0.15) is 0 Å². The van der Waals surface area contributed by atoms with E-state index in [0.29, 0.717) is 17.2 Å². The number of hydrogen-bond acceptors (Lipinski definition) is 3. The number of carbonyl (C=O) groups excluding carboxylic acids is 1. The van der Waals surface area contributed by atoms with Gasteiger partial charge in [0.25, 0.3) is 0 Å². The molecule has 0 amide bonds. The van der Waals surface area contributed by atoms with E-state index >= 15 is 0 Å². The van der Waals surface area contributed by atoms with E-state index in [-0.39, 0.29) is 5.78 Å². The molecular formula is C26H32BrNO2. The molecule has 0 bridgehead atoms. The van der Waals surface area contributed by atoms with Gasteiger partial charge < -0.3 is 4.74 Å². The van der Waals surface area contributed by atoms with Crippen molar-refractivity contribution in [2.24, 2.45) is 0 Å². The Hall–Kier alpha value is -1.65. The summed E-state index contributed by atoms with van der Waals surface area (Å²) in [4.78, 5) is 15.4. The van der Waals surface area contributed by atoms with Crippen LogP contribution in [0.25, 0.3) is 0 Å². The fourth-order valence-corrected chi connectivity index (χ4v) is 5.21. The smallest absolute Gasteiger partial charge is 0.193 e. The second-order valence-electron chi connectivity index (χ2n) is 8.70. The number of hydrogen-bond donors (Lipinski definition) is 0. The van der Waals surface area contributed by atoms with E-state index in [9.17, 15) is 4.79 Å². The van der Waals surface area contributed by atoms with Crippen LogP contribution >= 0.6 is 15.9 Å². The van der Waals surface area contributed by atoms with Crippen molar-refractivity contribution in [1.82, 2.24) is 4.90 Å². The zero-order chi connectivity index (χ0) is 20.8. The molecular weight excluding hydrogens is 438 g/mol. The van der Waals surface area contributed by atoms with Gasteiger partial charge in [0.1, 0.15) is 12.4 Å². The van der Waals surface area contributed by atoms with Crippen molar-refractivity contribution in [2.45, 2.75) is 69.9 Å². The van der Waals surface area contributed by atoms with E-state index in [4.69, 9.17) is 4.74 Å². The molecule has 1 heterocycles. The average Bonchev–Trinajstić information content (AvgIpc) is 3.21. The van der Waals surface area contributed by atoms with E-state index in [1.54, 1.807) is 0 Å². The van der Waals surface area contributed by atoms with Crippen LogP contribution in [0.3, 0.4) is 0 Å². The van der Waals surface area contributed by atoms with Gasteiger partial charge in [0.15, 0.2) is 5.78 Å². The molecule has 0 spiro atoms. The Morgan fingerprint density at radius 3 is 2.10 bits per heavy atom. The summed E-state index contributed by atoms with van der Waals surface area (Å²) in [5.74, 6) is 0.896. The summed E-state index contributed by atoms with van der Waals surface area (Å²) in [5.41, 5.74) is 1.40. The van der Waals surface area contributed by atoms with Gasteiger partial charge in [-0.25, -0.2) is 0 Å². The summed E-state index contributed by atoms with van der Waals surface area (Å²) in [7, 11) is 0. The third-order valence-electron chi connectivity index (χ3n) is 6.63. The Balaban J connectivity index is 1.33. The van der Waals surface area contributed by atoms with Crippen LogP contribution in [-0.4, -0.2) is 35.9 Å². The second kappa shape index (κ2) is 10.6. The van der Waals surface area contributed by atoms with E-state index in [1.165, 1.54) is 64.3 Å². The van der Waals surface area contributed by atoms with E-state index in [0.717, 1.165) is 22.9 Å². The lowest BCUT2D eigenvalue weighted by Gasteiger charge is -2.34. The van der Waals surface area contributed by atoms with Crippen molar-refractivity contribution < 1.29 is 9.53 Å². The Morgan fingerprint density at radius 2 is 1.43 bits per heavy atom. The van der Waals surface area contributed by atoms with Gasteiger partial charge in [0.05, 0.1) is 0 Å². The van der Waals surface area contributed by atoms with Crippen molar-refractivity contribution >= 4 is 21.7 Å². The fourth-order valence-electron chi connectivity index (χ4n) is 4.95. The summed E-state index contributed by atoms with van der Waals surface area (Å²) >= 11 is 3.41. The Labute approximate surface area is 188 Å². The number of ketones is 1. The minimum absolute atomic E-state index is 0.0419. The summed E-state index contributed by atoms with van der Waals surface area (Å²) in [6.07, 6.45) is 12.2. The maximum atomic E-state index is 12.6. The van der Waals surface area contributed by atoms with Crippen LogP contribution < -0.4 is 4.74 Å². The molecule has 1 saturated heterocycles. The molecule has 1 atom stereocenters. The molecule has 3 nitrogen and oxygen atoms in total. The van der Waals surface area contributed by atoms with Gasteiger partial charge in [-0.15, -0.1) is 0 Å². The number of carbonyl (C=O) groups is 1. The Kier molecular flexibility index (Phi) is 7.62. The third kappa shape index (κ3) is 5.53. The van der Waals surface area contributed by atoms with Crippen molar-refractivity contribution in [3.05, 3.63) is 64.1 Å². The summed E-state index contributed by atoms with van der Waals surface area (Å²) in [6, 6.07) is 16.4. The molecule has 1 saturated carbocycles. The number of halogens is 1. The Bertz CT molecular complexity index is 810. The van der Waals surface area contributed by atoms with Gasteiger partial charge in [0, 0.05) is 27.7 Å². The molecule has 0 aromatic heterocycles. The van der Waals surface area contributed by atoms with Crippen molar-refractivity contribution in [2.75, 3.05) is 13.2 Å². The lowest BCUT2D eigenvalue weighted by Crippen LogP contribution is -2.42. The number of ether oxygens (including phenoxy) is 1. The minimum Gasteiger partial charge on any atom is -0.492 e. The number of likely N-dealkylation sites (tertiary alicyclic amines) is 1. The van der Waals surface area contributed by atoms with Crippen LogP contribution in [0.1, 0.15) is 73.7 Å². The standard InChI is InChI=1S/C26H32BrNO2/c27-22-14-10-20(11-15-22)26(29)21-12-16-25(17-13-21)30-19-24-9-6-18-28(24)23-7-4-2-1-3-5-8-23/h10-17,23-24H,1-9,18-19H2. The van der Waals surface area contributed by atoms with Crippen LogP contribution in [-0.2, 0) is 0 Å². The molecule has 2 aromatic rings. The summed E-state index contributed by atoms with van der Waals surface area (Å²) in [5, 5.41) is 0. The zero-order valence-electron chi connectivity index (χ0n) is 17.7. The SMILES string of the molecule is O=C(c1ccc(Br)cc1)c1ccc(OCC2CCCN2C2CCCCCCC2)cc1. The largest absolute Gasteiger partial charge is 0.492 e. The van der Waals surface area contributed by atoms with Crippen molar-refractivity contribution in [3.8, 4) is 5.75 Å². The monoisotopic (exact) mass is 469 g/mol. The van der Waals surface area contributed by atoms with E-state index in [2.05, 4.69) is 20.8 Å². The third-order valence-corrected chi connectivity index (χ3v) is 7.16. The highest BCUT2D eigenvalue weighted by molar-refractivity contribution is 9.10. The predicted molar refractivity (Wildman–Crippen MR) is 125 cm³/mol. The summed E-state index contributed by atoms with van der Waals surface area (Å²) in [6.45, 7) is 1.97. The molecule has 0 radical (unpaired) electrons. The van der Waals surface area contributed by atoms with Crippen molar-refractivity contribution in [3.63, 3.8) is 0 Å². The maximum Gasteiger partial charge on any atom is 0.193 e. The van der Waals surface area contributed by atoms with Crippen LogP contribution in [0.5, 0.6) is 5.75 Å². The van der Waals surface area contributed by atoms with Crippen LogP contribution in [0.2, 0.25) is 0 Å². The average molecular weight is 470 g/mol. The quantitative estimate of drug-likeness (QED) is 0.444. The minimum atomic E-state index is 0.0419. The lowest BCUT2D eigenvalue weighted by atomic mass is 9.95. The van der Waals surface area contributed by atoms with Gasteiger partial charge >= 0.3 is 0 Å². The molecule has 2 aliphatic rings. The number of rotatable bonds is 6. The first kappa shape index (κ1) is 21.6. The lowest BCUT2D eigenvalue weighted by molar-refractivity contribution is 0.103. The highest BCUT2D eigenvalue weighted by Gasteiger charge is 2.31. The molecule has 1 unspecified atom stereocenters. The molecule has 1 aliphatic heterocycles. The zero-order valence-corrected chi connectivity index (χ0v) is 19.3. The number of nitrogens with zero attached hydrogens (tertiary/aromatic N) is 1. The molecule has 1 aliphatic carbocycles. The molecule has 2 aromatic carbocycles. The van der Waals surface area contributed by atoms with Gasteiger partial charge in [-0.3, -0.25) is 9.69 Å². The topological polar surface area (TPSA) is 29.5 Å². The Morgan fingerprint density at radius 1 is 0.833 bits per heavy atom. The van der Waals surface area contributed by atoms with Gasteiger partial charge in [-0.05, 0) is 80.8 Å². The summed E-state index contributed by atoms with van der Waals surface area (Å²) < 4.78 is 7.14. The maximum absolute atomic E-state index is 12.6. The molecule has 4 heteroatoms. The van der Waals surface area contributed by atoms with Crippen molar-refractivity contribution in [1.29, 1.82) is 0 Å². The van der Waals surface area contributed by atoms with Crippen LogP contribution in [0, 0.1) is 0 Å². The highest BCUT2D eigenvalue weighted by atomic mass is 79.9. The first-order chi connectivity index (χ1) is 14.7. The highest BCUT2D eigenvalue weighted by Crippen LogP contribution is 2.29. The van der Waals surface area contributed by atoms with E-state index in [1.807, 2.05) is 48.5 Å². The molecule has 30 heavy (non-hydrogen) atoms. The second-order valence-corrected chi connectivity index (χ2v) is 9.62. The molecule has 2 fully saturated rings. The van der Waals surface area contributed by atoms with E-state index < -0.39 is 0 Å². The fraction of sp³-hybridized carbons (Fsp3) is 0.500. The van der Waals surface area contributed by atoms with Crippen LogP contribution in [0.15, 0.2) is 53.0 Å². The molecule has 4 rings (SSSR count). The molecule has 0 N–H and O–H groups in total. The first-order valence-corrected chi connectivity index (χ1v) is 12.3. The predicted octanol–water partition coefficient (Wildman–Crippen LogP) is 6.64. The van der Waals surface area contributed by atoms with Gasteiger partial charge in [-0.1, -0.05) is 48.0 Å². The molecule has 160 valence electrons. The van der Waals surface area contributed by atoms with Gasteiger partial charge in [0.2, 0.25) is 0 Å². The normalized spacial score (nSPS) is 21.2.